The van der Waals surface area contributed by atoms with Crippen molar-refractivity contribution in [1.82, 2.24) is 5.32 Å². The molecule has 3 aromatic carbocycles. The lowest BCUT2D eigenvalue weighted by Gasteiger charge is -2.27. The number of methoxy groups -OCH3 is 1. The van der Waals surface area contributed by atoms with E-state index < -0.39 is 23.8 Å². The molecule has 0 aliphatic carbocycles. The van der Waals surface area contributed by atoms with Crippen molar-refractivity contribution in [1.29, 1.82) is 0 Å². The molecule has 2 N–H and O–H groups in total. The van der Waals surface area contributed by atoms with Crippen LogP contribution in [0.2, 0.25) is 5.02 Å². The van der Waals surface area contributed by atoms with E-state index in [1.807, 2.05) is 13.8 Å². The Morgan fingerprint density at radius 1 is 1.00 bits per heavy atom. The molecule has 13 heteroatoms. The van der Waals surface area contributed by atoms with Gasteiger partial charge in [-0.3, -0.25) is 19.7 Å². The number of benzene rings is 3. The molecule has 0 radical (unpaired) electrons. The van der Waals surface area contributed by atoms with Crippen LogP contribution in [-0.2, 0) is 14.4 Å². The molecule has 236 valence electrons. The largest absolute Gasteiger partial charge is 0.493 e. The van der Waals surface area contributed by atoms with Crippen LogP contribution in [0.15, 0.2) is 58.6 Å². The number of anilines is 2. The molecule has 4 rings (SSSR count). The Labute approximate surface area is 273 Å². The third-order valence-corrected chi connectivity index (χ3v) is 7.41. The molecule has 11 nitrogen and oxygen atoms in total. The van der Waals surface area contributed by atoms with Crippen LogP contribution in [0, 0.1) is 6.92 Å². The summed E-state index contributed by atoms with van der Waals surface area (Å²) >= 11 is 9.55. The lowest BCUT2D eigenvalue weighted by atomic mass is 10.1. The van der Waals surface area contributed by atoms with E-state index >= 15 is 0 Å². The van der Waals surface area contributed by atoms with Gasteiger partial charge in [0.15, 0.2) is 29.6 Å². The number of urea groups is 1. The number of imide groups is 2. The molecule has 5 amide bonds. The summed E-state index contributed by atoms with van der Waals surface area (Å²) in [5, 5.41) is 5.44. The van der Waals surface area contributed by atoms with Crippen LogP contribution in [0.3, 0.4) is 0 Å². The fourth-order valence-electron chi connectivity index (χ4n) is 4.26. The minimum atomic E-state index is -0.902. The Kier molecular flexibility index (Phi) is 11.1. The second-order valence-corrected chi connectivity index (χ2v) is 11.0. The van der Waals surface area contributed by atoms with Crippen molar-refractivity contribution in [2.75, 3.05) is 37.1 Å². The van der Waals surface area contributed by atoms with Crippen LogP contribution >= 0.6 is 27.5 Å². The molecule has 1 heterocycles. The van der Waals surface area contributed by atoms with Gasteiger partial charge in [-0.15, -0.1) is 0 Å². The van der Waals surface area contributed by atoms with Gasteiger partial charge in [0.25, 0.3) is 17.7 Å². The zero-order valence-electron chi connectivity index (χ0n) is 25.0. The first-order valence-electron chi connectivity index (χ1n) is 13.9. The Bertz CT molecular complexity index is 1680. The second kappa shape index (κ2) is 15.0. The number of ether oxygens (including phenoxy) is 4. The van der Waals surface area contributed by atoms with E-state index in [2.05, 4.69) is 26.6 Å². The molecule has 0 atom stereocenters. The average Bonchev–Trinajstić information content (AvgIpc) is 3.00. The maximum Gasteiger partial charge on any atom is 0.335 e. The zero-order valence-corrected chi connectivity index (χ0v) is 27.3. The maximum absolute atomic E-state index is 13.5. The first-order chi connectivity index (χ1) is 21.6. The van der Waals surface area contributed by atoms with Gasteiger partial charge >= 0.3 is 6.03 Å². The minimum absolute atomic E-state index is 0.192. The van der Waals surface area contributed by atoms with Crippen molar-refractivity contribution in [3.63, 3.8) is 0 Å². The van der Waals surface area contributed by atoms with Crippen molar-refractivity contribution in [3.8, 4) is 23.0 Å². The van der Waals surface area contributed by atoms with Crippen LogP contribution in [0.5, 0.6) is 23.0 Å². The zero-order chi connectivity index (χ0) is 32.7. The summed E-state index contributed by atoms with van der Waals surface area (Å²) in [7, 11) is 1.41. The Morgan fingerprint density at radius 2 is 1.78 bits per heavy atom. The highest BCUT2D eigenvalue weighted by Gasteiger charge is 2.37. The number of halogens is 2. The topological polar surface area (TPSA) is 132 Å². The van der Waals surface area contributed by atoms with E-state index in [1.165, 1.54) is 31.4 Å². The van der Waals surface area contributed by atoms with Gasteiger partial charge in [-0.1, -0.05) is 24.6 Å². The molecule has 0 saturated carbocycles. The molecular weight excluding hydrogens is 670 g/mol. The Hall–Kier alpha value is -4.55. The molecule has 45 heavy (non-hydrogen) atoms. The van der Waals surface area contributed by atoms with E-state index in [0.29, 0.717) is 45.5 Å². The summed E-state index contributed by atoms with van der Waals surface area (Å²) < 4.78 is 23.0. The lowest BCUT2D eigenvalue weighted by Crippen LogP contribution is -2.54. The number of hydrogen-bond donors (Lipinski definition) is 2. The fraction of sp³-hybridized carbons (Fsp3) is 0.250. The van der Waals surface area contributed by atoms with Crippen molar-refractivity contribution in [3.05, 3.63) is 74.7 Å². The van der Waals surface area contributed by atoms with E-state index in [1.54, 1.807) is 37.3 Å². The van der Waals surface area contributed by atoms with Crippen molar-refractivity contribution < 1.29 is 38.1 Å². The molecule has 3 aromatic rings. The number of nitrogens with zero attached hydrogens (tertiary/aromatic N) is 1. The van der Waals surface area contributed by atoms with E-state index in [-0.39, 0.29) is 29.4 Å². The maximum atomic E-state index is 13.5. The van der Waals surface area contributed by atoms with Crippen LogP contribution in [0.4, 0.5) is 16.2 Å². The minimum Gasteiger partial charge on any atom is -0.493 e. The van der Waals surface area contributed by atoms with E-state index in [4.69, 9.17) is 30.5 Å². The smallest absolute Gasteiger partial charge is 0.335 e. The third-order valence-electron chi connectivity index (χ3n) is 6.41. The predicted molar refractivity (Wildman–Crippen MR) is 173 cm³/mol. The molecule has 0 aromatic heterocycles. The molecule has 1 aliphatic rings. The van der Waals surface area contributed by atoms with Gasteiger partial charge in [-0.2, -0.15) is 0 Å². The number of barbiturate groups is 1. The van der Waals surface area contributed by atoms with E-state index in [0.717, 1.165) is 16.9 Å². The quantitative estimate of drug-likeness (QED) is 0.167. The number of hydrogen-bond acceptors (Lipinski definition) is 8. The van der Waals surface area contributed by atoms with Gasteiger partial charge in [0, 0.05) is 16.8 Å². The first-order valence-corrected chi connectivity index (χ1v) is 15.1. The van der Waals surface area contributed by atoms with Crippen LogP contribution in [0.1, 0.15) is 31.4 Å². The molecule has 0 bridgehead atoms. The number of carbonyl (C=O) groups excluding carboxylic acids is 4. The van der Waals surface area contributed by atoms with Crippen molar-refractivity contribution in [2.24, 2.45) is 0 Å². The molecular formula is C32H31BrClN3O8. The summed E-state index contributed by atoms with van der Waals surface area (Å²) in [6, 6.07) is 12.0. The number of carbonyl (C=O) groups is 4. The van der Waals surface area contributed by atoms with Crippen molar-refractivity contribution in [2.45, 2.75) is 27.2 Å². The highest BCUT2D eigenvalue weighted by molar-refractivity contribution is 9.10. The summed E-state index contributed by atoms with van der Waals surface area (Å²) in [5.41, 5.74) is 1.68. The second-order valence-electron chi connectivity index (χ2n) is 9.71. The van der Waals surface area contributed by atoms with E-state index in [9.17, 15) is 19.2 Å². The summed E-state index contributed by atoms with van der Waals surface area (Å²) in [5.74, 6) is -0.858. The normalized spacial score (nSPS) is 13.9. The lowest BCUT2D eigenvalue weighted by molar-refractivity contribution is -0.122. The summed E-state index contributed by atoms with van der Waals surface area (Å²) in [6.07, 6.45) is 2.11. The summed E-state index contributed by atoms with van der Waals surface area (Å²) in [4.78, 5) is 52.5. The number of aryl methyl sites for hydroxylation is 1. The standard InChI is InChI=1S/C32H31BrClN3O8/c1-5-11-44-25-10-9-21(16-26(25)43-6-2)37-31(40)22(30(39)36-32(37)41)12-19-13-23(33)29(27(14-19)42-4)45-17-28(38)35-20-8-7-18(3)24(34)15-20/h7-10,12-16H,5-6,11,17H2,1-4H3,(H,35,38)(H,36,39,41)/b22-12+. The average molecular weight is 701 g/mol. The van der Waals surface area contributed by atoms with Gasteiger partial charge in [-0.25, -0.2) is 9.69 Å². The highest BCUT2D eigenvalue weighted by Crippen LogP contribution is 2.38. The van der Waals surface area contributed by atoms with Gasteiger partial charge < -0.3 is 24.3 Å². The van der Waals surface area contributed by atoms with Crippen LogP contribution < -0.4 is 34.5 Å². The Morgan fingerprint density at radius 3 is 2.47 bits per heavy atom. The van der Waals surface area contributed by atoms with Gasteiger partial charge in [0.05, 0.1) is 30.5 Å². The molecule has 1 aliphatic heterocycles. The number of nitrogens with one attached hydrogen (secondary N) is 2. The van der Waals surface area contributed by atoms with Crippen LogP contribution in [0.25, 0.3) is 6.08 Å². The molecule has 1 saturated heterocycles. The summed E-state index contributed by atoms with van der Waals surface area (Å²) in [6.45, 7) is 6.07. The van der Waals surface area contributed by atoms with Gasteiger partial charge in [0.1, 0.15) is 5.57 Å². The highest BCUT2D eigenvalue weighted by atomic mass is 79.9. The third kappa shape index (κ3) is 7.95. The van der Waals surface area contributed by atoms with Gasteiger partial charge in [-0.05, 0) is 89.8 Å². The molecule has 0 unspecified atom stereocenters. The molecule has 0 spiro atoms. The van der Waals surface area contributed by atoms with Gasteiger partial charge in [0.2, 0.25) is 0 Å². The number of rotatable bonds is 12. The number of amides is 5. The monoisotopic (exact) mass is 699 g/mol. The Balaban J connectivity index is 1.56. The first kappa shape index (κ1) is 33.3. The SMILES string of the molecule is CCCOc1ccc(N2C(=O)NC(=O)/C(=C\c3cc(Br)c(OCC(=O)Nc4ccc(C)c(Cl)c4)c(OC)c3)C2=O)cc1OCC. The molecule has 1 fully saturated rings. The predicted octanol–water partition coefficient (Wildman–Crippen LogP) is 6.29. The fourth-order valence-corrected chi connectivity index (χ4v) is 5.02. The van der Waals surface area contributed by atoms with Crippen LogP contribution in [-0.4, -0.2) is 50.7 Å². The van der Waals surface area contributed by atoms with Crippen molar-refractivity contribution >= 4 is 68.7 Å².